The number of hydrogen-bond acceptors (Lipinski definition) is 5. The van der Waals surface area contributed by atoms with Gasteiger partial charge in [0, 0.05) is 47.6 Å². The van der Waals surface area contributed by atoms with Gasteiger partial charge in [0.05, 0.1) is 0 Å². The topological polar surface area (TPSA) is 51.8 Å². The van der Waals surface area contributed by atoms with Crippen LogP contribution in [0.3, 0.4) is 0 Å². The fourth-order valence-corrected chi connectivity index (χ4v) is 8.76. The molecule has 11 rings (SSSR count). The molecule has 0 aliphatic heterocycles. The predicted molar refractivity (Wildman–Crippen MR) is 233 cm³/mol. The van der Waals surface area contributed by atoms with Crippen LogP contribution in [0, 0.1) is 0 Å². The van der Waals surface area contributed by atoms with E-state index in [9.17, 15) is 0 Å². The third kappa shape index (κ3) is 5.74. The van der Waals surface area contributed by atoms with Gasteiger partial charge in [0.15, 0.2) is 17.5 Å². The number of nitrogens with zero attached hydrogens (tertiary/aromatic N) is 3. The van der Waals surface area contributed by atoms with E-state index in [2.05, 4.69) is 146 Å². The van der Waals surface area contributed by atoms with Crippen molar-refractivity contribution in [3.63, 3.8) is 0 Å². The number of furan rings is 1. The van der Waals surface area contributed by atoms with Crippen LogP contribution in [0.5, 0.6) is 0 Å². The number of hydrogen-bond donors (Lipinski definition) is 0. The molecule has 0 radical (unpaired) electrons. The highest BCUT2D eigenvalue weighted by Crippen LogP contribution is 2.39. The minimum atomic E-state index is 0.592. The van der Waals surface area contributed by atoms with Crippen molar-refractivity contribution in [3.8, 4) is 67.5 Å². The van der Waals surface area contributed by atoms with E-state index < -0.39 is 0 Å². The second kappa shape index (κ2) is 13.3. The van der Waals surface area contributed by atoms with E-state index in [1.807, 2.05) is 53.8 Å². The predicted octanol–water partition coefficient (Wildman–Crippen LogP) is 14.1. The highest BCUT2D eigenvalue weighted by Gasteiger charge is 2.16. The summed E-state index contributed by atoms with van der Waals surface area (Å²) < 4.78 is 9.22. The monoisotopic (exact) mass is 733 g/mol. The Balaban J connectivity index is 0.953. The van der Waals surface area contributed by atoms with Gasteiger partial charge in [-0.2, -0.15) is 0 Å². The normalized spacial score (nSPS) is 11.6. The molecule has 0 unspecified atom stereocenters. The van der Waals surface area contributed by atoms with Crippen molar-refractivity contribution in [2.75, 3.05) is 0 Å². The lowest BCUT2D eigenvalue weighted by molar-refractivity contribution is 0.669. The van der Waals surface area contributed by atoms with Crippen molar-refractivity contribution in [1.82, 2.24) is 15.0 Å². The van der Waals surface area contributed by atoms with E-state index in [-0.39, 0.29) is 0 Å². The Morgan fingerprint density at radius 1 is 0.286 bits per heavy atom. The zero-order valence-electron chi connectivity index (χ0n) is 30.1. The molecule has 0 aliphatic carbocycles. The molecule has 11 aromatic rings. The molecule has 0 aliphatic rings. The maximum Gasteiger partial charge on any atom is 0.164 e. The number of benzene rings is 8. The second-order valence-electron chi connectivity index (χ2n) is 14.0. The largest absolute Gasteiger partial charge is 0.456 e. The summed E-state index contributed by atoms with van der Waals surface area (Å²) in [5.41, 5.74) is 11.3. The Kier molecular flexibility index (Phi) is 7.64. The molecule has 0 N–H and O–H groups in total. The van der Waals surface area contributed by atoms with Crippen molar-refractivity contribution < 1.29 is 4.42 Å². The van der Waals surface area contributed by atoms with Gasteiger partial charge < -0.3 is 4.42 Å². The minimum absolute atomic E-state index is 0.592. The SMILES string of the molecule is c1ccc(-c2ccc(-c3nc(-c4ccccc4)nc(-c4ccc5c(c4)oc4cc(-c6cccc(-c7ccc8sc9ccccc9c8c7)c6)ccc45)n3)cc2)cc1. The first-order valence-corrected chi connectivity index (χ1v) is 19.5. The van der Waals surface area contributed by atoms with Gasteiger partial charge in [0.1, 0.15) is 11.2 Å². The summed E-state index contributed by atoms with van der Waals surface area (Å²) in [4.78, 5) is 14.9. The summed E-state index contributed by atoms with van der Waals surface area (Å²) >= 11 is 1.85. The lowest BCUT2D eigenvalue weighted by Crippen LogP contribution is -2.00. The Morgan fingerprint density at radius 2 is 0.732 bits per heavy atom. The molecule has 0 fully saturated rings. The highest BCUT2D eigenvalue weighted by molar-refractivity contribution is 7.25. The van der Waals surface area contributed by atoms with E-state index in [1.165, 1.54) is 36.9 Å². The highest BCUT2D eigenvalue weighted by atomic mass is 32.1. The van der Waals surface area contributed by atoms with Gasteiger partial charge in [-0.15, -0.1) is 11.3 Å². The molecule has 8 aromatic carbocycles. The zero-order valence-corrected chi connectivity index (χ0v) is 30.9. The fourth-order valence-electron chi connectivity index (χ4n) is 7.67. The third-order valence-electron chi connectivity index (χ3n) is 10.6. The van der Waals surface area contributed by atoms with Gasteiger partial charge >= 0.3 is 0 Å². The fraction of sp³-hybridized carbons (Fsp3) is 0. The Hall–Kier alpha value is -7.21. The first-order valence-electron chi connectivity index (χ1n) is 18.7. The van der Waals surface area contributed by atoms with Crippen molar-refractivity contribution in [2.45, 2.75) is 0 Å². The van der Waals surface area contributed by atoms with E-state index in [0.29, 0.717) is 17.5 Å². The standard InChI is InChI=1S/C51H31N3OS/c1-3-10-32(11-4-1)33-18-20-35(21-19-33)50-52-49(34-12-5-2-6-13-34)53-51(54-50)40-23-26-42-41-25-22-39(30-45(41)55-46(42)31-40)37-15-9-14-36(28-37)38-24-27-48-44(29-38)43-16-7-8-17-47(43)56-48/h1-31H. The molecule has 0 atom stereocenters. The molecule has 3 aromatic heterocycles. The molecular weight excluding hydrogens is 703 g/mol. The third-order valence-corrected chi connectivity index (χ3v) is 11.7. The quantitative estimate of drug-likeness (QED) is 0.171. The van der Waals surface area contributed by atoms with Crippen LogP contribution in [0.4, 0.5) is 0 Å². The van der Waals surface area contributed by atoms with Gasteiger partial charge in [-0.25, -0.2) is 15.0 Å². The minimum Gasteiger partial charge on any atom is -0.456 e. The summed E-state index contributed by atoms with van der Waals surface area (Å²) in [6.45, 7) is 0. The summed E-state index contributed by atoms with van der Waals surface area (Å²) in [5, 5.41) is 4.74. The molecule has 0 saturated carbocycles. The van der Waals surface area contributed by atoms with Crippen molar-refractivity contribution in [3.05, 3.63) is 188 Å². The molecule has 0 spiro atoms. The van der Waals surface area contributed by atoms with Crippen molar-refractivity contribution in [2.24, 2.45) is 0 Å². The molecule has 0 amide bonds. The average Bonchev–Trinajstić information content (AvgIpc) is 3.84. The van der Waals surface area contributed by atoms with Crippen molar-refractivity contribution >= 4 is 53.4 Å². The number of aromatic nitrogens is 3. The van der Waals surface area contributed by atoms with E-state index in [4.69, 9.17) is 19.4 Å². The molecular formula is C51H31N3OS. The maximum atomic E-state index is 6.59. The number of rotatable bonds is 6. The van der Waals surface area contributed by atoms with Gasteiger partial charge in [-0.3, -0.25) is 0 Å². The van der Waals surface area contributed by atoms with Gasteiger partial charge in [0.25, 0.3) is 0 Å². The molecule has 3 heterocycles. The zero-order chi connectivity index (χ0) is 37.0. The summed E-state index contributed by atoms with van der Waals surface area (Å²) in [6.07, 6.45) is 0. The van der Waals surface area contributed by atoms with Crippen LogP contribution in [0.25, 0.3) is 110 Å². The first kappa shape index (κ1) is 32.2. The number of fused-ring (bicyclic) bond motifs is 6. The van der Waals surface area contributed by atoms with Crippen LogP contribution in [-0.2, 0) is 0 Å². The molecule has 4 nitrogen and oxygen atoms in total. The molecule has 0 bridgehead atoms. The smallest absolute Gasteiger partial charge is 0.164 e. The van der Waals surface area contributed by atoms with Gasteiger partial charge in [-0.1, -0.05) is 140 Å². The Morgan fingerprint density at radius 3 is 1.45 bits per heavy atom. The van der Waals surface area contributed by atoms with E-state index in [0.717, 1.165) is 55.3 Å². The van der Waals surface area contributed by atoms with Crippen molar-refractivity contribution in [1.29, 1.82) is 0 Å². The number of thiophene rings is 1. The Labute approximate surface area is 327 Å². The Bertz CT molecular complexity index is 3240. The van der Waals surface area contributed by atoms with E-state index >= 15 is 0 Å². The van der Waals surface area contributed by atoms with Crippen LogP contribution in [-0.4, -0.2) is 15.0 Å². The van der Waals surface area contributed by atoms with Crippen LogP contribution in [0.2, 0.25) is 0 Å². The van der Waals surface area contributed by atoms with Crippen LogP contribution in [0.15, 0.2) is 192 Å². The lowest BCUT2D eigenvalue weighted by Gasteiger charge is -2.09. The van der Waals surface area contributed by atoms with Crippen LogP contribution < -0.4 is 0 Å². The van der Waals surface area contributed by atoms with Crippen LogP contribution in [0.1, 0.15) is 0 Å². The van der Waals surface area contributed by atoms with Gasteiger partial charge in [-0.05, 0) is 81.9 Å². The van der Waals surface area contributed by atoms with Crippen LogP contribution >= 0.6 is 11.3 Å². The first-order chi connectivity index (χ1) is 27.7. The molecule has 56 heavy (non-hydrogen) atoms. The van der Waals surface area contributed by atoms with Gasteiger partial charge in [0.2, 0.25) is 0 Å². The maximum absolute atomic E-state index is 6.59. The molecule has 5 heteroatoms. The molecule has 262 valence electrons. The average molecular weight is 734 g/mol. The van der Waals surface area contributed by atoms with E-state index in [1.54, 1.807) is 0 Å². The molecule has 0 saturated heterocycles. The summed E-state index contributed by atoms with van der Waals surface area (Å²) in [6, 6.07) is 65.8. The summed E-state index contributed by atoms with van der Waals surface area (Å²) in [5.74, 6) is 1.83. The second-order valence-corrected chi connectivity index (χ2v) is 15.1. The lowest BCUT2D eigenvalue weighted by atomic mass is 9.97. The summed E-state index contributed by atoms with van der Waals surface area (Å²) in [7, 11) is 0.